The molecule has 0 aromatic carbocycles. The normalized spacial score (nSPS) is 31.9. The van der Waals surface area contributed by atoms with Crippen LogP contribution in [0, 0.1) is 17.8 Å². The van der Waals surface area contributed by atoms with Gasteiger partial charge in [0.05, 0.1) is 0 Å². The Morgan fingerprint density at radius 2 is 2.44 bits per heavy atom. The fourth-order valence-corrected chi connectivity index (χ4v) is 3.31. The van der Waals surface area contributed by atoms with Crippen molar-refractivity contribution >= 4 is 11.9 Å². The highest BCUT2D eigenvalue weighted by molar-refractivity contribution is 5.89. The Kier molecular flexibility index (Phi) is 2.38. The van der Waals surface area contributed by atoms with Gasteiger partial charge in [0.1, 0.15) is 6.33 Å². The second-order valence-corrected chi connectivity index (χ2v) is 5.02. The average molecular weight is 220 g/mol. The van der Waals surface area contributed by atoms with E-state index in [9.17, 15) is 4.79 Å². The molecular formula is C11H16N4O. The second-order valence-electron chi connectivity index (χ2n) is 5.02. The minimum atomic E-state index is 0.0642. The van der Waals surface area contributed by atoms with Gasteiger partial charge in [0.25, 0.3) is 0 Å². The lowest BCUT2D eigenvalue weighted by molar-refractivity contribution is -0.117. The van der Waals surface area contributed by atoms with Crippen molar-refractivity contribution in [1.82, 2.24) is 15.2 Å². The fraction of sp³-hybridized carbons (Fsp3) is 0.727. The maximum absolute atomic E-state index is 11.7. The number of hydrogen-bond acceptors (Lipinski definition) is 3. The number of H-pyrrole nitrogens is 1. The molecule has 5 heteroatoms. The summed E-state index contributed by atoms with van der Waals surface area (Å²) in [4.78, 5) is 15.6. The third kappa shape index (κ3) is 1.81. The van der Waals surface area contributed by atoms with Crippen LogP contribution in [-0.4, -0.2) is 21.1 Å². The van der Waals surface area contributed by atoms with Gasteiger partial charge < -0.3 is 0 Å². The summed E-state index contributed by atoms with van der Waals surface area (Å²) in [5.74, 6) is 2.81. The third-order valence-electron chi connectivity index (χ3n) is 4.00. The summed E-state index contributed by atoms with van der Waals surface area (Å²) in [6, 6.07) is 0. The first kappa shape index (κ1) is 9.81. The van der Waals surface area contributed by atoms with E-state index in [-0.39, 0.29) is 5.91 Å². The van der Waals surface area contributed by atoms with Crippen molar-refractivity contribution in [2.24, 2.45) is 17.8 Å². The highest BCUT2D eigenvalue weighted by Crippen LogP contribution is 2.49. The van der Waals surface area contributed by atoms with E-state index in [2.05, 4.69) is 20.5 Å². The molecule has 0 spiro atoms. The van der Waals surface area contributed by atoms with Crippen LogP contribution >= 0.6 is 0 Å². The molecule has 5 nitrogen and oxygen atoms in total. The largest absolute Gasteiger partial charge is 0.295 e. The third-order valence-corrected chi connectivity index (χ3v) is 4.00. The van der Waals surface area contributed by atoms with E-state index in [1.165, 1.54) is 32.0 Å². The van der Waals surface area contributed by atoms with E-state index in [1.807, 2.05) is 0 Å². The van der Waals surface area contributed by atoms with Crippen LogP contribution in [0.3, 0.4) is 0 Å². The Morgan fingerprint density at radius 3 is 3.06 bits per heavy atom. The zero-order valence-electron chi connectivity index (χ0n) is 9.15. The van der Waals surface area contributed by atoms with E-state index in [4.69, 9.17) is 0 Å². The smallest absolute Gasteiger partial charge is 0.227 e. The number of hydrogen-bond donors (Lipinski definition) is 2. The quantitative estimate of drug-likeness (QED) is 0.812. The summed E-state index contributed by atoms with van der Waals surface area (Å²) in [5, 5.41) is 9.07. The number of aromatic amines is 1. The molecule has 2 fully saturated rings. The summed E-state index contributed by atoms with van der Waals surface area (Å²) in [5.41, 5.74) is 0. The molecule has 0 unspecified atom stereocenters. The van der Waals surface area contributed by atoms with Crippen LogP contribution in [0.25, 0.3) is 0 Å². The van der Waals surface area contributed by atoms with Crippen LogP contribution in [0.2, 0.25) is 0 Å². The molecule has 2 aliphatic rings. The predicted octanol–water partition coefficient (Wildman–Crippen LogP) is 1.57. The number of nitrogens with zero attached hydrogens (tertiary/aromatic N) is 2. The number of rotatable bonds is 3. The van der Waals surface area contributed by atoms with Gasteiger partial charge in [0, 0.05) is 6.42 Å². The molecule has 1 amide bonds. The number of anilines is 1. The molecule has 3 rings (SSSR count). The van der Waals surface area contributed by atoms with Gasteiger partial charge in [-0.1, -0.05) is 6.42 Å². The number of nitrogens with one attached hydrogen (secondary N) is 2. The molecule has 86 valence electrons. The average Bonchev–Trinajstić information content (AvgIpc) is 2.92. The first-order chi connectivity index (χ1) is 7.81. The second kappa shape index (κ2) is 3.88. The van der Waals surface area contributed by atoms with Crippen LogP contribution in [0.15, 0.2) is 6.33 Å². The summed E-state index contributed by atoms with van der Waals surface area (Å²) < 4.78 is 0. The molecule has 2 N–H and O–H groups in total. The number of carbonyl (C=O) groups excluding carboxylic acids is 1. The Balaban J connectivity index is 1.53. The van der Waals surface area contributed by atoms with Crippen LogP contribution < -0.4 is 5.32 Å². The zero-order valence-corrected chi connectivity index (χ0v) is 9.15. The van der Waals surface area contributed by atoms with Crippen molar-refractivity contribution in [3.63, 3.8) is 0 Å². The van der Waals surface area contributed by atoms with Crippen LogP contribution in [0.5, 0.6) is 0 Å². The van der Waals surface area contributed by atoms with Crippen molar-refractivity contribution in [1.29, 1.82) is 0 Å². The van der Waals surface area contributed by atoms with E-state index < -0.39 is 0 Å². The Bertz CT molecular complexity index is 375. The molecule has 2 bridgehead atoms. The molecule has 3 atom stereocenters. The fourth-order valence-electron chi connectivity index (χ4n) is 3.31. The van der Waals surface area contributed by atoms with E-state index in [1.54, 1.807) is 0 Å². The van der Waals surface area contributed by atoms with Crippen LogP contribution in [0.4, 0.5) is 5.95 Å². The van der Waals surface area contributed by atoms with Gasteiger partial charge in [-0.05, 0) is 37.0 Å². The lowest BCUT2D eigenvalue weighted by atomic mass is 9.86. The van der Waals surface area contributed by atoms with Crippen molar-refractivity contribution in [3.8, 4) is 0 Å². The van der Waals surface area contributed by atoms with Crippen molar-refractivity contribution in [2.45, 2.75) is 32.1 Å². The van der Waals surface area contributed by atoms with Gasteiger partial charge in [-0.25, -0.2) is 5.10 Å². The Labute approximate surface area is 94.0 Å². The van der Waals surface area contributed by atoms with Gasteiger partial charge in [-0.15, -0.1) is 0 Å². The maximum Gasteiger partial charge on any atom is 0.227 e. The first-order valence-corrected chi connectivity index (χ1v) is 5.96. The molecule has 0 aliphatic heterocycles. The van der Waals surface area contributed by atoms with Crippen LogP contribution in [0.1, 0.15) is 32.1 Å². The van der Waals surface area contributed by atoms with Crippen molar-refractivity contribution < 1.29 is 4.79 Å². The molecular weight excluding hydrogens is 204 g/mol. The van der Waals surface area contributed by atoms with E-state index in [0.717, 1.165) is 11.8 Å². The molecule has 1 aromatic heterocycles. The van der Waals surface area contributed by atoms with Gasteiger partial charge in [0.15, 0.2) is 0 Å². The predicted molar refractivity (Wildman–Crippen MR) is 58.6 cm³/mol. The molecule has 1 heterocycles. The molecule has 16 heavy (non-hydrogen) atoms. The molecule has 0 radical (unpaired) electrons. The molecule has 2 saturated carbocycles. The summed E-state index contributed by atoms with van der Waals surface area (Å²) in [6.45, 7) is 0. The van der Waals surface area contributed by atoms with Crippen molar-refractivity contribution in [2.75, 3.05) is 5.32 Å². The van der Waals surface area contributed by atoms with Gasteiger partial charge in [-0.3, -0.25) is 10.1 Å². The standard InChI is InChI=1S/C11H16N4O/c16-10(14-11-12-6-13-15-11)5-9-4-7-1-2-8(9)3-7/h6-9H,1-5H2,(H2,12,13,14,15,16)/t7-,8-,9-/m0/s1. The number of aromatic nitrogens is 3. The summed E-state index contributed by atoms with van der Waals surface area (Å²) in [6.07, 6.45) is 7.33. The SMILES string of the molecule is O=C(C[C@@H]1C[C@H]2CC[C@H]1C2)Nc1ncn[nH]1. The molecule has 0 saturated heterocycles. The monoisotopic (exact) mass is 220 g/mol. The summed E-state index contributed by atoms with van der Waals surface area (Å²) >= 11 is 0. The lowest BCUT2D eigenvalue weighted by Gasteiger charge is -2.20. The first-order valence-electron chi connectivity index (χ1n) is 5.96. The highest BCUT2D eigenvalue weighted by atomic mass is 16.1. The topological polar surface area (TPSA) is 70.7 Å². The van der Waals surface area contributed by atoms with E-state index in [0.29, 0.717) is 18.3 Å². The van der Waals surface area contributed by atoms with Gasteiger partial charge in [0.2, 0.25) is 11.9 Å². The van der Waals surface area contributed by atoms with Crippen molar-refractivity contribution in [3.05, 3.63) is 6.33 Å². The zero-order chi connectivity index (χ0) is 11.0. The number of carbonyl (C=O) groups is 1. The molecule has 2 aliphatic carbocycles. The highest BCUT2D eigenvalue weighted by Gasteiger charge is 2.40. The Morgan fingerprint density at radius 1 is 1.50 bits per heavy atom. The summed E-state index contributed by atoms with van der Waals surface area (Å²) in [7, 11) is 0. The Hall–Kier alpha value is -1.39. The van der Waals surface area contributed by atoms with Crippen LogP contribution in [-0.2, 0) is 4.79 Å². The van der Waals surface area contributed by atoms with E-state index >= 15 is 0 Å². The van der Waals surface area contributed by atoms with Gasteiger partial charge in [-0.2, -0.15) is 10.1 Å². The molecule has 1 aromatic rings. The lowest BCUT2D eigenvalue weighted by Crippen LogP contribution is -2.20. The maximum atomic E-state index is 11.7. The number of fused-ring (bicyclic) bond motifs is 2. The minimum Gasteiger partial charge on any atom is -0.295 e. The number of amides is 1. The minimum absolute atomic E-state index is 0.0642. The van der Waals surface area contributed by atoms with Gasteiger partial charge >= 0.3 is 0 Å².